The van der Waals surface area contributed by atoms with Gasteiger partial charge in [-0.1, -0.05) is 20.8 Å². The molecule has 0 aliphatic heterocycles. The molecule has 0 aliphatic carbocycles. The zero-order chi connectivity index (χ0) is 16.3. The quantitative estimate of drug-likeness (QED) is 0.634. The van der Waals surface area contributed by atoms with Crippen LogP contribution in [0.1, 0.15) is 58.3 Å². The summed E-state index contributed by atoms with van der Waals surface area (Å²) >= 11 is 0. The van der Waals surface area contributed by atoms with Gasteiger partial charge in [-0.05, 0) is 50.8 Å². The fourth-order valence-electron chi connectivity index (χ4n) is 2.78. The van der Waals surface area contributed by atoms with Gasteiger partial charge in [-0.25, -0.2) is 4.79 Å². The lowest BCUT2D eigenvalue weighted by Gasteiger charge is -2.34. The summed E-state index contributed by atoms with van der Waals surface area (Å²) in [7, 11) is 0. The second-order valence-electron chi connectivity index (χ2n) is 7.27. The predicted molar refractivity (Wildman–Crippen MR) is 88.6 cm³/mol. The fraction of sp³-hybridized carbons (Fsp3) is 0.588. The third-order valence-electron chi connectivity index (χ3n) is 2.98. The third-order valence-corrected chi connectivity index (χ3v) is 2.98. The summed E-state index contributed by atoms with van der Waals surface area (Å²) in [5.74, 6) is -0.348. The lowest BCUT2D eigenvalue weighted by molar-refractivity contribution is 0.0527. The van der Waals surface area contributed by atoms with E-state index in [1.807, 2.05) is 6.07 Å². The van der Waals surface area contributed by atoms with E-state index in [0.29, 0.717) is 17.9 Å². The first-order valence-electron chi connectivity index (χ1n) is 7.39. The van der Waals surface area contributed by atoms with Gasteiger partial charge in [0.1, 0.15) is 0 Å². The largest absolute Gasteiger partial charge is 0.462 e. The number of anilines is 2. The van der Waals surface area contributed by atoms with Gasteiger partial charge in [0.05, 0.1) is 12.2 Å². The highest BCUT2D eigenvalue weighted by Crippen LogP contribution is 2.31. The predicted octanol–water partition coefficient (Wildman–Crippen LogP) is 4.07. The Morgan fingerprint density at radius 1 is 1.24 bits per heavy atom. The number of benzene rings is 1. The van der Waals surface area contributed by atoms with E-state index >= 15 is 0 Å². The highest BCUT2D eigenvalue weighted by atomic mass is 16.5. The van der Waals surface area contributed by atoms with Crippen LogP contribution in [-0.4, -0.2) is 18.1 Å². The molecule has 0 atom stereocenters. The second kappa shape index (κ2) is 6.37. The number of carbonyl (C=O) groups is 1. The Labute approximate surface area is 128 Å². The molecule has 0 aliphatic rings. The van der Waals surface area contributed by atoms with Crippen LogP contribution in [0.3, 0.4) is 0 Å². The van der Waals surface area contributed by atoms with Gasteiger partial charge >= 0.3 is 5.97 Å². The molecule has 1 rings (SSSR count). The number of hydrogen-bond donors (Lipinski definition) is 2. The van der Waals surface area contributed by atoms with Gasteiger partial charge in [-0.3, -0.25) is 0 Å². The van der Waals surface area contributed by atoms with Crippen LogP contribution in [0.2, 0.25) is 0 Å². The molecule has 118 valence electrons. The van der Waals surface area contributed by atoms with Gasteiger partial charge in [0.2, 0.25) is 0 Å². The Bertz CT molecular complexity index is 502. The standard InChI is InChI=1S/C17H28N2O2/c1-7-21-15(20)13-10-12(18)8-9-14(13)19-17(5,6)11-16(2,3)4/h8-10,19H,7,11,18H2,1-6H3. The summed E-state index contributed by atoms with van der Waals surface area (Å²) in [4.78, 5) is 12.1. The number of esters is 1. The van der Waals surface area contributed by atoms with Gasteiger partial charge in [-0.15, -0.1) is 0 Å². The first-order valence-corrected chi connectivity index (χ1v) is 7.39. The maximum atomic E-state index is 12.1. The van der Waals surface area contributed by atoms with Crippen molar-refractivity contribution in [2.24, 2.45) is 5.41 Å². The summed E-state index contributed by atoms with van der Waals surface area (Å²) in [6.45, 7) is 13.0. The molecule has 4 nitrogen and oxygen atoms in total. The molecule has 1 aromatic carbocycles. The molecule has 1 aromatic rings. The van der Waals surface area contributed by atoms with Gasteiger partial charge < -0.3 is 15.8 Å². The van der Waals surface area contributed by atoms with Crippen LogP contribution in [0.5, 0.6) is 0 Å². The van der Waals surface area contributed by atoms with E-state index in [0.717, 1.165) is 12.1 Å². The summed E-state index contributed by atoms with van der Waals surface area (Å²) in [5, 5.41) is 3.45. The molecule has 0 bridgehead atoms. The third kappa shape index (κ3) is 5.66. The molecule has 0 radical (unpaired) electrons. The van der Waals surface area contributed by atoms with Crippen molar-refractivity contribution in [2.45, 2.75) is 53.5 Å². The first kappa shape index (κ1) is 17.3. The number of nitrogen functional groups attached to an aromatic ring is 1. The van der Waals surface area contributed by atoms with Crippen molar-refractivity contribution >= 4 is 17.3 Å². The SMILES string of the molecule is CCOC(=O)c1cc(N)ccc1NC(C)(C)CC(C)(C)C. The zero-order valence-electron chi connectivity index (χ0n) is 14.0. The molecule has 0 saturated heterocycles. The van der Waals surface area contributed by atoms with Crippen LogP contribution >= 0.6 is 0 Å². The molecular formula is C17H28N2O2. The Morgan fingerprint density at radius 3 is 2.38 bits per heavy atom. The van der Waals surface area contributed by atoms with Crippen LogP contribution in [-0.2, 0) is 4.74 Å². The van der Waals surface area contributed by atoms with E-state index < -0.39 is 0 Å². The van der Waals surface area contributed by atoms with E-state index in [1.54, 1.807) is 19.1 Å². The molecule has 3 N–H and O–H groups in total. The fourth-order valence-corrected chi connectivity index (χ4v) is 2.78. The second-order valence-corrected chi connectivity index (χ2v) is 7.27. The summed E-state index contributed by atoms with van der Waals surface area (Å²) in [6, 6.07) is 5.29. The monoisotopic (exact) mass is 292 g/mol. The van der Waals surface area contributed by atoms with E-state index in [-0.39, 0.29) is 16.9 Å². The Balaban J connectivity index is 3.05. The molecular weight excluding hydrogens is 264 g/mol. The zero-order valence-corrected chi connectivity index (χ0v) is 14.0. The number of nitrogens with one attached hydrogen (secondary N) is 1. The van der Waals surface area contributed by atoms with Crippen LogP contribution in [0.25, 0.3) is 0 Å². The average Bonchev–Trinajstić information content (AvgIpc) is 2.28. The van der Waals surface area contributed by atoms with Crippen molar-refractivity contribution in [2.75, 3.05) is 17.7 Å². The van der Waals surface area contributed by atoms with Crippen LogP contribution in [0, 0.1) is 5.41 Å². The molecule has 0 saturated carbocycles. The van der Waals surface area contributed by atoms with Crippen molar-refractivity contribution in [1.82, 2.24) is 0 Å². The Morgan fingerprint density at radius 2 is 1.86 bits per heavy atom. The maximum Gasteiger partial charge on any atom is 0.340 e. The number of carbonyl (C=O) groups excluding carboxylic acids is 1. The van der Waals surface area contributed by atoms with Gasteiger partial charge in [-0.2, -0.15) is 0 Å². The normalized spacial score (nSPS) is 12.1. The van der Waals surface area contributed by atoms with Crippen LogP contribution in [0.4, 0.5) is 11.4 Å². The van der Waals surface area contributed by atoms with E-state index in [9.17, 15) is 4.79 Å². The molecule has 4 heteroatoms. The molecule has 0 unspecified atom stereocenters. The lowest BCUT2D eigenvalue weighted by atomic mass is 9.81. The van der Waals surface area contributed by atoms with Crippen molar-refractivity contribution < 1.29 is 9.53 Å². The van der Waals surface area contributed by atoms with E-state index in [2.05, 4.69) is 39.9 Å². The van der Waals surface area contributed by atoms with Crippen molar-refractivity contribution in [3.63, 3.8) is 0 Å². The highest BCUT2D eigenvalue weighted by molar-refractivity contribution is 5.96. The molecule has 0 amide bonds. The summed E-state index contributed by atoms with van der Waals surface area (Å²) in [5.41, 5.74) is 7.64. The van der Waals surface area contributed by atoms with Crippen molar-refractivity contribution in [1.29, 1.82) is 0 Å². The van der Waals surface area contributed by atoms with Crippen molar-refractivity contribution in [3.05, 3.63) is 23.8 Å². The van der Waals surface area contributed by atoms with Crippen molar-refractivity contribution in [3.8, 4) is 0 Å². The van der Waals surface area contributed by atoms with E-state index in [1.165, 1.54) is 0 Å². The first-order chi connectivity index (χ1) is 9.54. The van der Waals surface area contributed by atoms with Crippen LogP contribution in [0.15, 0.2) is 18.2 Å². The minimum absolute atomic E-state index is 0.143. The molecule has 21 heavy (non-hydrogen) atoms. The number of rotatable bonds is 5. The molecule has 0 fully saturated rings. The summed E-state index contributed by atoms with van der Waals surface area (Å²) < 4.78 is 5.10. The maximum absolute atomic E-state index is 12.1. The minimum Gasteiger partial charge on any atom is -0.462 e. The topological polar surface area (TPSA) is 64.3 Å². The lowest BCUT2D eigenvalue weighted by Crippen LogP contribution is -2.36. The van der Waals surface area contributed by atoms with Gasteiger partial charge in [0.15, 0.2) is 0 Å². The number of ether oxygens (including phenoxy) is 1. The smallest absolute Gasteiger partial charge is 0.340 e. The number of hydrogen-bond acceptors (Lipinski definition) is 4. The molecule has 0 spiro atoms. The highest BCUT2D eigenvalue weighted by Gasteiger charge is 2.27. The Hall–Kier alpha value is -1.71. The molecule has 0 heterocycles. The van der Waals surface area contributed by atoms with E-state index in [4.69, 9.17) is 10.5 Å². The minimum atomic E-state index is -0.348. The molecule has 0 aromatic heterocycles. The number of nitrogens with two attached hydrogens (primary N) is 1. The van der Waals surface area contributed by atoms with Gasteiger partial charge in [0.25, 0.3) is 0 Å². The van der Waals surface area contributed by atoms with Gasteiger partial charge in [0, 0.05) is 16.9 Å². The van der Waals surface area contributed by atoms with Crippen LogP contribution < -0.4 is 11.1 Å². The Kier molecular flexibility index (Phi) is 5.26. The average molecular weight is 292 g/mol. The summed E-state index contributed by atoms with van der Waals surface area (Å²) in [6.07, 6.45) is 0.965.